The Kier molecular flexibility index (Phi) is 7.16. The zero-order valence-corrected chi connectivity index (χ0v) is 10.0. The Bertz CT molecular complexity index is 263. The highest BCUT2D eigenvalue weighted by atomic mass is 16.5. The molecular formula is C11H19NO4. The zero-order valence-electron chi connectivity index (χ0n) is 10.0. The summed E-state index contributed by atoms with van der Waals surface area (Å²) >= 11 is 0. The molecule has 1 amide bonds. The maximum atomic E-state index is 11.4. The molecule has 1 N–H and O–H groups in total. The summed E-state index contributed by atoms with van der Waals surface area (Å²) in [6.45, 7) is 5.24. The van der Waals surface area contributed by atoms with E-state index in [1.54, 1.807) is 6.92 Å². The standard InChI is InChI=1S/C11H19NO4/c1-4-16-11(15)10(8(2)13)6-5-7-12-9(3)14/h10H,4-7H2,1-3H3,(H,12,14). The summed E-state index contributed by atoms with van der Waals surface area (Å²) in [5.74, 6) is -1.48. The average Bonchev–Trinajstić information content (AvgIpc) is 2.16. The Labute approximate surface area is 95.5 Å². The number of ketones is 1. The Morgan fingerprint density at radius 3 is 2.31 bits per heavy atom. The zero-order chi connectivity index (χ0) is 12.6. The van der Waals surface area contributed by atoms with E-state index in [1.165, 1.54) is 13.8 Å². The van der Waals surface area contributed by atoms with Crippen molar-refractivity contribution in [2.75, 3.05) is 13.2 Å². The highest BCUT2D eigenvalue weighted by Crippen LogP contribution is 2.09. The van der Waals surface area contributed by atoms with Crippen LogP contribution in [0.25, 0.3) is 0 Å². The van der Waals surface area contributed by atoms with Gasteiger partial charge in [0.2, 0.25) is 5.91 Å². The van der Waals surface area contributed by atoms with E-state index in [1.807, 2.05) is 0 Å². The normalized spacial score (nSPS) is 11.7. The lowest BCUT2D eigenvalue weighted by Gasteiger charge is -2.12. The lowest BCUT2D eigenvalue weighted by Crippen LogP contribution is -2.27. The SMILES string of the molecule is CCOC(=O)C(CCCNC(C)=O)C(C)=O. The lowest BCUT2D eigenvalue weighted by molar-refractivity contribution is -0.151. The highest BCUT2D eigenvalue weighted by Gasteiger charge is 2.23. The summed E-state index contributed by atoms with van der Waals surface area (Å²) in [6, 6.07) is 0. The summed E-state index contributed by atoms with van der Waals surface area (Å²) < 4.78 is 4.80. The number of carbonyl (C=O) groups excluding carboxylic acids is 3. The number of esters is 1. The molecule has 0 aromatic rings. The second kappa shape index (κ2) is 7.84. The van der Waals surface area contributed by atoms with E-state index < -0.39 is 11.9 Å². The summed E-state index contributed by atoms with van der Waals surface area (Å²) in [7, 11) is 0. The third-order valence-corrected chi connectivity index (χ3v) is 2.11. The molecule has 0 bridgehead atoms. The first-order valence-electron chi connectivity index (χ1n) is 5.40. The third-order valence-electron chi connectivity index (χ3n) is 2.11. The summed E-state index contributed by atoms with van der Waals surface area (Å²) in [6.07, 6.45) is 0.997. The number of amides is 1. The summed E-state index contributed by atoms with van der Waals surface area (Å²) in [5.41, 5.74) is 0. The number of nitrogens with one attached hydrogen (secondary N) is 1. The van der Waals surface area contributed by atoms with Crippen molar-refractivity contribution in [3.8, 4) is 0 Å². The predicted molar refractivity (Wildman–Crippen MR) is 58.7 cm³/mol. The fourth-order valence-electron chi connectivity index (χ4n) is 1.30. The molecule has 92 valence electrons. The maximum absolute atomic E-state index is 11.4. The van der Waals surface area contributed by atoms with Crippen molar-refractivity contribution in [3.05, 3.63) is 0 Å². The van der Waals surface area contributed by atoms with E-state index in [4.69, 9.17) is 4.74 Å². The van der Waals surface area contributed by atoms with Gasteiger partial charge in [-0.1, -0.05) is 0 Å². The fourth-order valence-corrected chi connectivity index (χ4v) is 1.30. The van der Waals surface area contributed by atoms with E-state index >= 15 is 0 Å². The van der Waals surface area contributed by atoms with Crippen LogP contribution in [0.3, 0.4) is 0 Å². The predicted octanol–water partition coefficient (Wildman–Crippen LogP) is 0.671. The number of hydrogen-bond acceptors (Lipinski definition) is 4. The first-order valence-corrected chi connectivity index (χ1v) is 5.40. The van der Waals surface area contributed by atoms with Crippen LogP contribution in [0.5, 0.6) is 0 Å². The lowest BCUT2D eigenvalue weighted by atomic mass is 9.99. The van der Waals surface area contributed by atoms with Crippen molar-refractivity contribution in [2.24, 2.45) is 5.92 Å². The molecule has 0 saturated carbocycles. The molecule has 0 aliphatic heterocycles. The smallest absolute Gasteiger partial charge is 0.316 e. The van der Waals surface area contributed by atoms with Gasteiger partial charge in [-0.15, -0.1) is 0 Å². The van der Waals surface area contributed by atoms with Crippen molar-refractivity contribution >= 4 is 17.7 Å². The summed E-state index contributed by atoms with van der Waals surface area (Å²) in [5, 5.41) is 2.61. The number of rotatable bonds is 7. The molecule has 0 radical (unpaired) electrons. The van der Waals surface area contributed by atoms with Gasteiger partial charge >= 0.3 is 5.97 Å². The van der Waals surface area contributed by atoms with Crippen LogP contribution in [0.15, 0.2) is 0 Å². The van der Waals surface area contributed by atoms with Gasteiger partial charge in [-0.05, 0) is 26.7 Å². The highest BCUT2D eigenvalue weighted by molar-refractivity contribution is 5.97. The Morgan fingerprint density at radius 2 is 1.88 bits per heavy atom. The Hall–Kier alpha value is -1.39. The molecule has 0 fully saturated rings. The molecule has 0 aromatic carbocycles. The van der Waals surface area contributed by atoms with Crippen molar-refractivity contribution in [3.63, 3.8) is 0 Å². The largest absolute Gasteiger partial charge is 0.465 e. The number of carbonyl (C=O) groups is 3. The second-order valence-corrected chi connectivity index (χ2v) is 3.54. The number of Topliss-reactive ketones (excluding diaryl/α,β-unsaturated/α-hetero) is 1. The molecule has 0 saturated heterocycles. The molecule has 0 aliphatic carbocycles. The van der Waals surface area contributed by atoms with Crippen molar-refractivity contribution in [1.29, 1.82) is 0 Å². The van der Waals surface area contributed by atoms with E-state index in [0.717, 1.165) is 0 Å². The van der Waals surface area contributed by atoms with Gasteiger partial charge in [0.15, 0.2) is 0 Å². The monoisotopic (exact) mass is 229 g/mol. The van der Waals surface area contributed by atoms with Crippen molar-refractivity contribution in [1.82, 2.24) is 5.32 Å². The van der Waals surface area contributed by atoms with Gasteiger partial charge in [-0.2, -0.15) is 0 Å². The van der Waals surface area contributed by atoms with Gasteiger partial charge in [0.1, 0.15) is 11.7 Å². The molecule has 1 unspecified atom stereocenters. The van der Waals surface area contributed by atoms with Gasteiger partial charge in [-0.3, -0.25) is 14.4 Å². The number of hydrogen-bond donors (Lipinski definition) is 1. The van der Waals surface area contributed by atoms with Crippen LogP contribution in [-0.4, -0.2) is 30.8 Å². The molecule has 5 nitrogen and oxygen atoms in total. The summed E-state index contributed by atoms with van der Waals surface area (Å²) in [4.78, 5) is 33.2. The second-order valence-electron chi connectivity index (χ2n) is 3.54. The molecule has 1 atom stereocenters. The van der Waals surface area contributed by atoms with Crippen LogP contribution in [0.2, 0.25) is 0 Å². The maximum Gasteiger partial charge on any atom is 0.316 e. The molecule has 0 aliphatic rings. The average molecular weight is 229 g/mol. The minimum Gasteiger partial charge on any atom is -0.465 e. The molecule has 0 spiro atoms. The first-order chi connectivity index (χ1) is 7.49. The van der Waals surface area contributed by atoms with Gasteiger partial charge in [0.25, 0.3) is 0 Å². The minimum absolute atomic E-state index is 0.115. The molecule has 0 rings (SSSR count). The van der Waals surface area contributed by atoms with Gasteiger partial charge in [0, 0.05) is 13.5 Å². The van der Waals surface area contributed by atoms with Gasteiger partial charge in [0.05, 0.1) is 6.61 Å². The van der Waals surface area contributed by atoms with Crippen LogP contribution in [-0.2, 0) is 19.1 Å². The fraction of sp³-hybridized carbons (Fsp3) is 0.727. The van der Waals surface area contributed by atoms with Gasteiger partial charge in [-0.25, -0.2) is 0 Å². The van der Waals surface area contributed by atoms with Crippen LogP contribution in [0, 0.1) is 5.92 Å². The van der Waals surface area contributed by atoms with E-state index in [0.29, 0.717) is 19.4 Å². The first kappa shape index (κ1) is 14.6. The molecule has 0 heterocycles. The minimum atomic E-state index is -0.700. The molecule has 0 aromatic heterocycles. The third kappa shape index (κ3) is 6.16. The van der Waals surface area contributed by atoms with Crippen molar-refractivity contribution in [2.45, 2.75) is 33.6 Å². The van der Waals surface area contributed by atoms with E-state index in [9.17, 15) is 14.4 Å². The quantitative estimate of drug-likeness (QED) is 0.395. The Morgan fingerprint density at radius 1 is 1.25 bits per heavy atom. The van der Waals surface area contributed by atoms with E-state index in [-0.39, 0.29) is 18.3 Å². The molecular weight excluding hydrogens is 210 g/mol. The number of ether oxygens (including phenoxy) is 1. The van der Waals surface area contributed by atoms with Gasteiger partial charge < -0.3 is 10.1 Å². The Balaban J connectivity index is 4.00. The molecule has 16 heavy (non-hydrogen) atoms. The van der Waals surface area contributed by atoms with E-state index in [2.05, 4.69) is 5.32 Å². The van der Waals surface area contributed by atoms with Crippen LogP contribution in [0.1, 0.15) is 33.6 Å². The van der Waals surface area contributed by atoms with Crippen molar-refractivity contribution < 1.29 is 19.1 Å². The topological polar surface area (TPSA) is 72.5 Å². The van der Waals surface area contributed by atoms with Crippen LogP contribution in [0.4, 0.5) is 0 Å². The van der Waals surface area contributed by atoms with Crippen LogP contribution >= 0.6 is 0 Å². The van der Waals surface area contributed by atoms with Crippen LogP contribution < -0.4 is 5.32 Å². The molecule has 5 heteroatoms.